The van der Waals surface area contributed by atoms with Gasteiger partial charge in [-0.3, -0.25) is 14.6 Å². The van der Waals surface area contributed by atoms with Crippen LogP contribution in [0.5, 0.6) is 11.5 Å². The van der Waals surface area contributed by atoms with E-state index in [0.717, 1.165) is 24.9 Å². The summed E-state index contributed by atoms with van der Waals surface area (Å²) in [5, 5.41) is 0. The summed E-state index contributed by atoms with van der Waals surface area (Å²) >= 11 is 6.48. The van der Waals surface area contributed by atoms with Gasteiger partial charge in [0.1, 0.15) is 4.32 Å². The van der Waals surface area contributed by atoms with Gasteiger partial charge in [-0.1, -0.05) is 36.1 Å². The number of morpholine rings is 1. The molecule has 28 heavy (non-hydrogen) atoms. The molecule has 2 aliphatic heterocycles. The first-order valence-corrected chi connectivity index (χ1v) is 9.89. The number of alkyl halides is 2. The molecule has 0 atom stereocenters. The smallest absolute Gasteiger partial charge is 0.387 e. The highest BCUT2D eigenvalue weighted by Crippen LogP contribution is 2.38. The number of amides is 1. The molecular weight excluding hydrogens is 410 g/mol. The van der Waals surface area contributed by atoms with Gasteiger partial charge in [-0.25, -0.2) is 0 Å². The van der Waals surface area contributed by atoms with Gasteiger partial charge in [0.15, 0.2) is 11.5 Å². The van der Waals surface area contributed by atoms with Gasteiger partial charge in [0.2, 0.25) is 0 Å². The largest absolute Gasteiger partial charge is 0.493 e. The van der Waals surface area contributed by atoms with E-state index in [0.29, 0.717) is 41.1 Å². The average Bonchev–Trinajstić information content (AvgIpc) is 2.95. The molecule has 2 saturated heterocycles. The molecule has 6 nitrogen and oxygen atoms in total. The normalized spacial score (nSPS) is 19.7. The molecular formula is C18H20F2N2O4S2. The monoisotopic (exact) mass is 430 g/mol. The Hall–Kier alpha value is -1.75. The van der Waals surface area contributed by atoms with E-state index in [1.54, 1.807) is 12.1 Å². The molecule has 3 rings (SSSR count). The highest BCUT2D eigenvalue weighted by molar-refractivity contribution is 8.26. The van der Waals surface area contributed by atoms with Crippen molar-refractivity contribution in [3.05, 3.63) is 28.7 Å². The van der Waals surface area contributed by atoms with Gasteiger partial charge >= 0.3 is 6.61 Å². The number of ether oxygens (including phenoxy) is 3. The third-order valence-corrected chi connectivity index (χ3v) is 5.72. The van der Waals surface area contributed by atoms with Crippen LogP contribution in [0.25, 0.3) is 6.08 Å². The summed E-state index contributed by atoms with van der Waals surface area (Å²) in [6.45, 7) is 1.17. The highest BCUT2D eigenvalue weighted by atomic mass is 32.2. The molecule has 2 heterocycles. The first-order valence-electron chi connectivity index (χ1n) is 8.67. The van der Waals surface area contributed by atoms with Crippen molar-refractivity contribution in [2.24, 2.45) is 0 Å². The van der Waals surface area contributed by atoms with Gasteiger partial charge in [-0.05, 0) is 12.1 Å². The number of benzene rings is 1. The van der Waals surface area contributed by atoms with Gasteiger partial charge < -0.3 is 14.2 Å². The highest BCUT2D eigenvalue weighted by Gasteiger charge is 2.32. The second-order valence-electron chi connectivity index (χ2n) is 6.04. The second kappa shape index (κ2) is 9.64. The van der Waals surface area contributed by atoms with Crippen molar-refractivity contribution >= 4 is 40.3 Å². The van der Waals surface area contributed by atoms with Crippen molar-refractivity contribution < 1.29 is 27.8 Å². The Balaban J connectivity index is 1.76. The fraction of sp³-hybridized carbons (Fsp3) is 0.444. The number of rotatable bonds is 7. The summed E-state index contributed by atoms with van der Waals surface area (Å²) < 4.78 is 41.1. The third kappa shape index (κ3) is 4.99. The number of nitrogens with zero attached hydrogens (tertiary/aromatic N) is 2. The molecule has 0 spiro atoms. The average molecular weight is 430 g/mol. The summed E-state index contributed by atoms with van der Waals surface area (Å²) in [7, 11) is 1.36. The third-order valence-electron chi connectivity index (χ3n) is 4.34. The van der Waals surface area contributed by atoms with Crippen LogP contribution in [0.15, 0.2) is 23.1 Å². The van der Waals surface area contributed by atoms with E-state index in [4.69, 9.17) is 21.7 Å². The number of para-hydroxylation sites is 1. The molecule has 0 bridgehead atoms. The molecule has 0 unspecified atom stereocenters. The predicted molar refractivity (Wildman–Crippen MR) is 107 cm³/mol. The lowest BCUT2D eigenvalue weighted by Gasteiger charge is -2.28. The van der Waals surface area contributed by atoms with Gasteiger partial charge in [-0.15, -0.1) is 0 Å². The zero-order chi connectivity index (χ0) is 20.1. The Bertz CT molecular complexity index is 770. The molecule has 2 aliphatic rings. The van der Waals surface area contributed by atoms with E-state index < -0.39 is 6.61 Å². The number of thioether (sulfide) groups is 1. The predicted octanol–water partition coefficient (Wildman–Crippen LogP) is 2.83. The minimum absolute atomic E-state index is 0.112. The first kappa shape index (κ1) is 21.0. The van der Waals surface area contributed by atoms with Crippen LogP contribution in [0.3, 0.4) is 0 Å². The molecule has 0 aromatic heterocycles. The van der Waals surface area contributed by atoms with Crippen LogP contribution in [-0.4, -0.2) is 73.1 Å². The lowest BCUT2D eigenvalue weighted by molar-refractivity contribution is -0.122. The molecule has 0 N–H and O–H groups in total. The molecule has 1 aromatic rings. The molecule has 152 valence electrons. The van der Waals surface area contributed by atoms with Crippen molar-refractivity contribution in [2.75, 3.05) is 46.5 Å². The van der Waals surface area contributed by atoms with Crippen molar-refractivity contribution in [2.45, 2.75) is 6.61 Å². The molecule has 10 heteroatoms. The molecule has 0 saturated carbocycles. The molecule has 1 aromatic carbocycles. The summed E-state index contributed by atoms with van der Waals surface area (Å²) in [4.78, 5) is 16.9. The topological polar surface area (TPSA) is 51.2 Å². The van der Waals surface area contributed by atoms with Crippen LogP contribution in [0.1, 0.15) is 5.56 Å². The van der Waals surface area contributed by atoms with Crippen LogP contribution in [0.2, 0.25) is 0 Å². The number of thiocarbonyl (C=S) groups is 1. The van der Waals surface area contributed by atoms with Crippen LogP contribution < -0.4 is 9.47 Å². The molecule has 0 radical (unpaired) electrons. The molecule has 2 fully saturated rings. The summed E-state index contributed by atoms with van der Waals surface area (Å²) in [6.07, 6.45) is 1.51. The molecule has 0 aliphatic carbocycles. The second-order valence-corrected chi connectivity index (χ2v) is 7.72. The van der Waals surface area contributed by atoms with Crippen LogP contribution in [-0.2, 0) is 9.53 Å². The van der Waals surface area contributed by atoms with E-state index in [-0.39, 0.29) is 17.4 Å². The maximum atomic E-state index is 12.8. The lowest BCUT2D eigenvalue weighted by atomic mass is 10.1. The zero-order valence-corrected chi connectivity index (χ0v) is 16.9. The lowest BCUT2D eigenvalue weighted by Crippen LogP contribution is -2.42. The quantitative estimate of drug-likeness (QED) is 0.487. The number of halogens is 2. The van der Waals surface area contributed by atoms with E-state index in [9.17, 15) is 13.6 Å². The minimum Gasteiger partial charge on any atom is -0.493 e. The maximum absolute atomic E-state index is 12.8. The van der Waals surface area contributed by atoms with Crippen LogP contribution in [0.4, 0.5) is 8.78 Å². The van der Waals surface area contributed by atoms with Crippen LogP contribution >= 0.6 is 24.0 Å². The molecule has 1 amide bonds. The Morgan fingerprint density at radius 2 is 2.07 bits per heavy atom. The Morgan fingerprint density at radius 3 is 2.75 bits per heavy atom. The number of hydrogen-bond donors (Lipinski definition) is 0. The number of methoxy groups -OCH3 is 1. The van der Waals surface area contributed by atoms with Gasteiger partial charge in [0, 0.05) is 31.7 Å². The number of hydrogen-bond acceptors (Lipinski definition) is 7. The first-order chi connectivity index (χ1) is 13.5. The number of carbonyl (C=O) groups excluding carboxylic acids is 1. The minimum atomic E-state index is -3.01. The van der Waals surface area contributed by atoms with E-state index in [1.807, 2.05) is 0 Å². The van der Waals surface area contributed by atoms with E-state index in [1.165, 1.54) is 24.2 Å². The summed E-state index contributed by atoms with van der Waals surface area (Å²) in [6, 6.07) is 4.74. The van der Waals surface area contributed by atoms with Crippen LogP contribution in [0, 0.1) is 0 Å². The summed E-state index contributed by atoms with van der Waals surface area (Å²) in [5.74, 6) is -0.190. The van der Waals surface area contributed by atoms with Crippen molar-refractivity contribution in [1.29, 1.82) is 0 Å². The fourth-order valence-electron chi connectivity index (χ4n) is 2.92. The van der Waals surface area contributed by atoms with Gasteiger partial charge in [0.05, 0.1) is 25.2 Å². The Kier molecular flexibility index (Phi) is 7.22. The fourth-order valence-corrected chi connectivity index (χ4v) is 4.22. The van der Waals surface area contributed by atoms with Crippen molar-refractivity contribution in [3.8, 4) is 11.5 Å². The number of carbonyl (C=O) groups is 1. The summed E-state index contributed by atoms with van der Waals surface area (Å²) in [5.41, 5.74) is 0.327. The van der Waals surface area contributed by atoms with Crippen molar-refractivity contribution in [1.82, 2.24) is 9.80 Å². The van der Waals surface area contributed by atoms with Gasteiger partial charge in [-0.2, -0.15) is 8.78 Å². The standard InChI is InChI=1S/C18H20F2N2O4S2/c1-24-13-4-2-3-12(15(13)26-17(19)20)11-14-16(23)22(18(27)28-14)6-5-21-7-9-25-10-8-21/h2-4,11,17H,5-10H2,1H3/b14-11-. The zero-order valence-electron chi connectivity index (χ0n) is 15.2. The van der Waals surface area contributed by atoms with Crippen molar-refractivity contribution in [3.63, 3.8) is 0 Å². The van der Waals surface area contributed by atoms with E-state index >= 15 is 0 Å². The maximum Gasteiger partial charge on any atom is 0.387 e. The van der Waals surface area contributed by atoms with Gasteiger partial charge in [0.25, 0.3) is 5.91 Å². The SMILES string of the molecule is COc1cccc(/C=C2\SC(=S)N(CCN3CCOCC3)C2=O)c1OC(F)F. The van der Waals surface area contributed by atoms with E-state index in [2.05, 4.69) is 9.64 Å². The Morgan fingerprint density at radius 1 is 1.32 bits per heavy atom. The Labute approximate surface area is 171 Å².